The monoisotopic (exact) mass is 533 g/mol. The summed E-state index contributed by atoms with van der Waals surface area (Å²) < 4.78 is 49.8. The Kier molecular flexibility index (Phi) is 9.26. The number of ether oxygens (including phenoxy) is 2. The topological polar surface area (TPSA) is 97.3 Å². The van der Waals surface area contributed by atoms with E-state index in [1.54, 1.807) is 24.3 Å². The zero-order chi connectivity index (χ0) is 26.1. The van der Waals surface area contributed by atoms with E-state index < -0.39 is 28.3 Å². The number of nitrogens with zero attached hydrogens (tertiary/aromatic N) is 2. The van der Waals surface area contributed by atoms with Crippen molar-refractivity contribution < 1.29 is 27.1 Å². The number of amides is 1. The van der Waals surface area contributed by atoms with Gasteiger partial charge in [0.25, 0.3) is 5.91 Å². The second-order valence-electron chi connectivity index (χ2n) is 7.60. The van der Waals surface area contributed by atoms with Crippen molar-refractivity contribution in [1.29, 1.82) is 0 Å². The third-order valence-corrected chi connectivity index (χ3v) is 6.13. The summed E-state index contributed by atoms with van der Waals surface area (Å²) in [5.41, 5.74) is 3.98. The first-order valence-corrected chi connectivity index (χ1v) is 13.1. The van der Waals surface area contributed by atoms with E-state index >= 15 is 0 Å². The Labute approximate surface area is 214 Å². The number of halogens is 2. The van der Waals surface area contributed by atoms with Crippen molar-refractivity contribution in [2.45, 2.75) is 13.5 Å². The van der Waals surface area contributed by atoms with E-state index in [1.807, 2.05) is 25.1 Å². The lowest BCUT2D eigenvalue weighted by molar-refractivity contribution is -0.119. The standard InChI is InChI=1S/C25H25ClFN3O5S/c1-3-34-24-14-18(7-12-23(24)35-17-19-5-4-6-20(26)13-19)15-28-29-25(31)16-30(36(2,32)33)22-10-8-21(27)9-11-22/h4-15H,3,16-17H2,1-2H3,(H,29,31)/b28-15-. The number of hydrazone groups is 1. The maximum absolute atomic E-state index is 13.2. The van der Waals surface area contributed by atoms with Crippen LogP contribution in [0.4, 0.5) is 10.1 Å². The largest absolute Gasteiger partial charge is 0.490 e. The van der Waals surface area contributed by atoms with E-state index in [9.17, 15) is 17.6 Å². The molecule has 3 aromatic rings. The molecule has 3 rings (SSSR count). The van der Waals surface area contributed by atoms with Crippen LogP contribution in [0.2, 0.25) is 5.02 Å². The Balaban J connectivity index is 1.65. The van der Waals surface area contributed by atoms with Gasteiger partial charge in [-0.25, -0.2) is 18.2 Å². The molecule has 0 heterocycles. The number of sulfonamides is 1. The molecule has 3 aromatic carbocycles. The van der Waals surface area contributed by atoms with Crippen molar-refractivity contribution in [2.24, 2.45) is 5.10 Å². The lowest BCUT2D eigenvalue weighted by Crippen LogP contribution is -2.39. The van der Waals surface area contributed by atoms with Gasteiger partial charge in [-0.1, -0.05) is 23.7 Å². The molecule has 0 saturated carbocycles. The highest BCUT2D eigenvalue weighted by Crippen LogP contribution is 2.29. The molecule has 0 aromatic heterocycles. The molecule has 0 unspecified atom stereocenters. The fourth-order valence-corrected chi connectivity index (χ4v) is 4.20. The Morgan fingerprint density at radius 1 is 1.08 bits per heavy atom. The van der Waals surface area contributed by atoms with Crippen molar-refractivity contribution in [3.63, 3.8) is 0 Å². The second-order valence-corrected chi connectivity index (χ2v) is 9.94. The molecule has 1 N–H and O–H groups in total. The summed E-state index contributed by atoms with van der Waals surface area (Å²) in [5, 5.41) is 4.52. The molecular formula is C25H25ClFN3O5S. The summed E-state index contributed by atoms with van der Waals surface area (Å²) in [6.07, 6.45) is 2.35. The highest BCUT2D eigenvalue weighted by molar-refractivity contribution is 7.92. The Morgan fingerprint density at radius 2 is 1.83 bits per heavy atom. The SMILES string of the molecule is CCOc1cc(/C=N\NC(=O)CN(c2ccc(F)cc2)S(C)(=O)=O)ccc1OCc1cccc(Cl)c1. The van der Waals surface area contributed by atoms with E-state index in [2.05, 4.69) is 10.5 Å². The molecule has 0 radical (unpaired) electrons. The zero-order valence-electron chi connectivity index (χ0n) is 19.6. The maximum atomic E-state index is 13.2. The molecule has 0 spiro atoms. The molecular weight excluding hydrogens is 509 g/mol. The Morgan fingerprint density at radius 3 is 2.50 bits per heavy atom. The summed E-state index contributed by atoms with van der Waals surface area (Å²) in [6, 6.07) is 17.3. The predicted molar refractivity (Wildman–Crippen MR) is 138 cm³/mol. The number of hydrogen-bond donors (Lipinski definition) is 1. The molecule has 36 heavy (non-hydrogen) atoms. The van der Waals surface area contributed by atoms with Gasteiger partial charge in [-0.15, -0.1) is 0 Å². The minimum absolute atomic E-state index is 0.160. The number of carbonyl (C=O) groups excluding carboxylic acids is 1. The van der Waals surface area contributed by atoms with E-state index in [0.717, 1.165) is 28.3 Å². The average molecular weight is 534 g/mol. The van der Waals surface area contributed by atoms with Crippen LogP contribution in [0.25, 0.3) is 0 Å². The third kappa shape index (κ3) is 7.96. The zero-order valence-corrected chi connectivity index (χ0v) is 21.2. The van der Waals surface area contributed by atoms with Crippen molar-refractivity contribution in [1.82, 2.24) is 5.43 Å². The van der Waals surface area contributed by atoms with Crippen LogP contribution in [0.1, 0.15) is 18.1 Å². The summed E-state index contributed by atoms with van der Waals surface area (Å²) in [4.78, 5) is 12.3. The van der Waals surface area contributed by atoms with Crippen LogP contribution >= 0.6 is 11.6 Å². The van der Waals surface area contributed by atoms with Crippen LogP contribution in [0.15, 0.2) is 71.8 Å². The average Bonchev–Trinajstić information content (AvgIpc) is 2.82. The summed E-state index contributed by atoms with van der Waals surface area (Å²) in [5.74, 6) is -0.170. The van der Waals surface area contributed by atoms with Crippen LogP contribution in [-0.4, -0.2) is 39.9 Å². The number of carbonyl (C=O) groups is 1. The first kappa shape index (κ1) is 27.0. The molecule has 11 heteroatoms. The lowest BCUT2D eigenvalue weighted by Gasteiger charge is -2.21. The van der Waals surface area contributed by atoms with Gasteiger partial charge in [0.15, 0.2) is 11.5 Å². The maximum Gasteiger partial charge on any atom is 0.260 e. The van der Waals surface area contributed by atoms with Gasteiger partial charge in [-0.05, 0) is 72.6 Å². The molecule has 0 aliphatic heterocycles. The second kappa shape index (κ2) is 12.4. The molecule has 0 bridgehead atoms. The van der Waals surface area contributed by atoms with Crippen LogP contribution in [0, 0.1) is 5.82 Å². The molecule has 0 atom stereocenters. The Hall–Kier alpha value is -3.63. The predicted octanol–water partition coefficient (Wildman–Crippen LogP) is 4.37. The summed E-state index contributed by atoms with van der Waals surface area (Å²) in [6.45, 7) is 2.03. The normalized spacial score (nSPS) is 11.3. The van der Waals surface area contributed by atoms with Gasteiger partial charge < -0.3 is 9.47 Å². The summed E-state index contributed by atoms with van der Waals surface area (Å²) in [7, 11) is -3.79. The van der Waals surface area contributed by atoms with E-state index in [4.69, 9.17) is 21.1 Å². The molecule has 0 saturated heterocycles. The molecule has 8 nitrogen and oxygen atoms in total. The van der Waals surface area contributed by atoms with E-state index in [0.29, 0.717) is 35.3 Å². The van der Waals surface area contributed by atoms with Gasteiger partial charge in [-0.3, -0.25) is 9.10 Å². The number of anilines is 1. The van der Waals surface area contributed by atoms with Gasteiger partial charge in [-0.2, -0.15) is 5.10 Å². The minimum Gasteiger partial charge on any atom is -0.490 e. The first-order valence-electron chi connectivity index (χ1n) is 10.8. The third-order valence-electron chi connectivity index (χ3n) is 4.76. The quantitative estimate of drug-likeness (QED) is 0.291. The van der Waals surface area contributed by atoms with Crippen LogP contribution in [-0.2, 0) is 21.4 Å². The number of nitrogens with one attached hydrogen (secondary N) is 1. The fourth-order valence-electron chi connectivity index (χ4n) is 3.13. The fraction of sp³-hybridized carbons (Fsp3) is 0.200. The summed E-state index contributed by atoms with van der Waals surface area (Å²) >= 11 is 6.02. The van der Waals surface area contributed by atoms with E-state index in [-0.39, 0.29) is 5.69 Å². The number of benzene rings is 3. The van der Waals surface area contributed by atoms with Gasteiger partial charge in [0.2, 0.25) is 10.0 Å². The van der Waals surface area contributed by atoms with Crippen LogP contribution in [0.3, 0.4) is 0 Å². The van der Waals surface area contributed by atoms with Crippen molar-refractivity contribution in [3.8, 4) is 11.5 Å². The van der Waals surface area contributed by atoms with E-state index in [1.165, 1.54) is 18.3 Å². The van der Waals surface area contributed by atoms with Crippen molar-refractivity contribution in [3.05, 3.63) is 88.7 Å². The Bertz CT molecular complexity index is 1330. The lowest BCUT2D eigenvalue weighted by atomic mass is 10.2. The van der Waals surface area contributed by atoms with Crippen LogP contribution < -0.4 is 19.2 Å². The molecule has 0 fully saturated rings. The highest BCUT2D eigenvalue weighted by Gasteiger charge is 2.20. The number of hydrogen-bond acceptors (Lipinski definition) is 6. The molecule has 0 aliphatic rings. The van der Waals surface area contributed by atoms with Gasteiger partial charge in [0, 0.05) is 5.02 Å². The van der Waals surface area contributed by atoms with Crippen LogP contribution in [0.5, 0.6) is 11.5 Å². The van der Waals surface area contributed by atoms with Crippen molar-refractivity contribution >= 4 is 39.4 Å². The minimum atomic E-state index is -3.79. The molecule has 1 amide bonds. The number of rotatable bonds is 11. The van der Waals surface area contributed by atoms with Gasteiger partial charge in [0.05, 0.1) is 24.8 Å². The van der Waals surface area contributed by atoms with Gasteiger partial charge >= 0.3 is 0 Å². The molecule has 190 valence electrons. The molecule has 0 aliphatic carbocycles. The first-order chi connectivity index (χ1) is 17.2. The smallest absolute Gasteiger partial charge is 0.260 e. The van der Waals surface area contributed by atoms with Crippen molar-refractivity contribution in [2.75, 3.05) is 23.7 Å². The highest BCUT2D eigenvalue weighted by atomic mass is 35.5. The van der Waals surface area contributed by atoms with Gasteiger partial charge in [0.1, 0.15) is 19.0 Å².